The molecule has 0 saturated heterocycles. The van der Waals surface area contributed by atoms with Crippen LogP contribution in [-0.2, 0) is 6.42 Å². The lowest BCUT2D eigenvalue weighted by Gasteiger charge is -2.11. The maximum Gasteiger partial charge on any atom is 0.354 e. The smallest absolute Gasteiger partial charge is 0.354 e. The average molecular weight is 419 g/mol. The molecule has 0 aliphatic carbocycles. The molecule has 0 radical (unpaired) electrons. The molecule has 28 heavy (non-hydrogen) atoms. The molecule has 0 saturated carbocycles. The zero-order valence-corrected chi connectivity index (χ0v) is 16.0. The summed E-state index contributed by atoms with van der Waals surface area (Å²) in [5.74, 6) is -0.576. The quantitative estimate of drug-likeness (QED) is 0.378. The number of rotatable bonds is 8. The maximum atomic E-state index is 12.2. The number of thiophene rings is 1. The van der Waals surface area contributed by atoms with Crippen LogP contribution >= 0.6 is 22.9 Å². The van der Waals surface area contributed by atoms with E-state index >= 15 is 0 Å². The number of hydrazine groups is 1. The monoisotopic (exact) mass is 418 g/mol. The molecule has 144 valence electrons. The van der Waals surface area contributed by atoms with Crippen molar-refractivity contribution in [1.82, 2.24) is 15.4 Å². The van der Waals surface area contributed by atoms with Gasteiger partial charge in [0.2, 0.25) is 11.6 Å². The Hall–Kier alpha value is -3.24. The predicted octanol–water partition coefficient (Wildman–Crippen LogP) is 3.51. The molecule has 3 rings (SSSR count). The largest absolute Gasteiger partial charge is 0.364 e. The molecule has 3 N–H and O–H groups in total. The van der Waals surface area contributed by atoms with E-state index in [4.69, 9.17) is 11.6 Å². The van der Waals surface area contributed by atoms with Crippen molar-refractivity contribution in [2.24, 2.45) is 0 Å². The van der Waals surface area contributed by atoms with Gasteiger partial charge in [0.05, 0.1) is 4.92 Å². The van der Waals surface area contributed by atoms with Crippen molar-refractivity contribution in [3.8, 4) is 0 Å². The first-order valence-corrected chi connectivity index (χ1v) is 9.38. The van der Waals surface area contributed by atoms with Crippen LogP contribution in [0.15, 0.2) is 48.1 Å². The van der Waals surface area contributed by atoms with Gasteiger partial charge in [0.25, 0.3) is 5.91 Å². The zero-order chi connectivity index (χ0) is 19.9. The molecule has 1 amide bonds. The standard InChI is InChI=1S/C17H15ClN6O3S/c18-12-4-1-3-11(9-12)17(25)23-22-16-14(24(26)27)15(20-10-21-16)19-7-6-13-5-2-8-28-13/h1-5,8-10H,6-7H2,(H,23,25)(H2,19,20,21,22). The Morgan fingerprint density at radius 1 is 1.21 bits per heavy atom. The lowest BCUT2D eigenvalue weighted by Crippen LogP contribution is -2.30. The number of nitrogens with zero attached hydrogens (tertiary/aromatic N) is 3. The number of hydrogen-bond acceptors (Lipinski definition) is 8. The van der Waals surface area contributed by atoms with E-state index in [0.717, 1.165) is 4.88 Å². The predicted molar refractivity (Wildman–Crippen MR) is 108 cm³/mol. The van der Waals surface area contributed by atoms with Crippen molar-refractivity contribution in [3.05, 3.63) is 73.7 Å². The SMILES string of the molecule is O=C(NNc1ncnc(NCCc2cccs2)c1[N+](=O)[O-])c1cccc(Cl)c1. The van der Waals surface area contributed by atoms with Crippen molar-refractivity contribution in [2.45, 2.75) is 6.42 Å². The number of amides is 1. The summed E-state index contributed by atoms with van der Waals surface area (Å²) >= 11 is 7.47. The number of carbonyl (C=O) groups is 1. The molecule has 1 aromatic carbocycles. The van der Waals surface area contributed by atoms with Gasteiger partial charge in [-0.1, -0.05) is 23.7 Å². The van der Waals surface area contributed by atoms with Crippen LogP contribution in [0.5, 0.6) is 0 Å². The zero-order valence-electron chi connectivity index (χ0n) is 14.4. The Labute approximate surface area is 168 Å². The highest BCUT2D eigenvalue weighted by Crippen LogP contribution is 2.28. The van der Waals surface area contributed by atoms with Crippen LogP contribution in [0, 0.1) is 10.1 Å². The van der Waals surface area contributed by atoms with Crippen LogP contribution in [0.1, 0.15) is 15.2 Å². The fraction of sp³-hybridized carbons (Fsp3) is 0.118. The number of nitrogens with one attached hydrogen (secondary N) is 3. The minimum absolute atomic E-state index is 0.0658. The summed E-state index contributed by atoms with van der Waals surface area (Å²) in [5.41, 5.74) is 4.79. The molecule has 9 nitrogen and oxygen atoms in total. The Morgan fingerprint density at radius 2 is 2.04 bits per heavy atom. The Balaban J connectivity index is 1.69. The van der Waals surface area contributed by atoms with E-state index in [-0.39, 0.29) is 17.3 Å². The number of hydrogen-bond donors (Lipinski definition) is 3. The lowest BCUT2D eigenvalue weighted by atomic mass is 10.2. The highest BCUT2D eigenvalue weighted by molar-refractivity contribution is 7.09. The Bertz CT molecular complexity index is 983. The Morgan fingerprint density at radius 3 is 2.75 bits per heavy atom. The number of aromatic nitrogens is 2. The number of anilines is 2. The molecule has 0 aliphatic heterocycles. The number of carbonyl (C=O) groups excluding carboxylic acids is 1. The van der Waals surface area contributed by atoms with E-state index in [2.05, 4.69) is 26.1 Å². The minimum atomic E-state index is -0.610. The first kappa shape index (κ1) is 19.5. The van der Waals surface area contributed by atoms with Crippen molar-refractivity contribution < 1.29 is 9.72 Å². The third-order valence-electron chi connectivity index (χ3n) is 3.63. The molecule has 0 atom stereocenters. The number of benzene rings is 1. The summed E-state index contributed by atoms with van der Waals surface area (Å²) in [6.07, 6.45) is 1.88. The van der Waals surface area contributed by atoms with E-state index in [0.29, 0.717) is 23.6 Å². The van der Waals surface area contributed by atoms with Gasteiger partial charge in [-0.3, -0.25) is 25.8 Å². The van der Waals surface area contributed by atoms with Crippen LogP contribution in [-0.4, -0.2) is 27.3 Å². The van der Waals surface area contributed by atoms with Gasteiger partial charge < -0.3 is 5.32 Å². The van der Waals surface area contributed by atoms with E-state index in [1.165, 1.54) is 12.4 Å². The minimum Gasteiger partial charge on any atom is -0.364 e. The van der Waals surface area contributed by atoms with Crippen LogP contribution in [0.4, 0.5) is 17.3 Å². The van der Waals surface area contributed by atoms with Gasteiger partial charge in [-0.05, 0) is 36.1 Å². The van der Waals surface area contributed by atoms with Gasteiger partial charge in [-0.2, -0.15) is 0 Å². The van der Waals surface area contributed by atoms with Gasteiger partial charge in [0.1, 0.15) is 6.33 Å². The van der Waals surface area contributed by atoms with Crippen molar-refractivity contribution in [3.63, 3.8) is 0 Å². The highest BCUT2D eigenvalue weighted by atomic mass is 35.5. The van der Waals surface area contributed by atoms with Crippen LogP contribution in [0.2, 0.25) is 5.02 Å². The summed E-state index contributed by atoms with van der Waals surface area (Å²) in [4.78, 5) is 32.0. The third kappa shape index (κ3) is 4.93. The summed E-state index contributed by atoms with van der Waals surface area (Å²) in [5, 5.41) is 16.8. The van der Waals surface area contributed by atoms with Gasteiger partial charge >= 0.3 is 5.69 Å². The summed E-state index contributed by atoms with van der Waals surface area (Å²) in [7, 11) is 0. The van der Waals surface area contributed by atoms with E-state index < -0.39 is 10.8 Å². The van der Waals surface area contributed by atoms with Gasteiger partial charge in [-0.25, -0.2) is 9.97 Å². The molecule has 0 fully saturated rings. The van der Waals surface area contributed by atoms with Gasteiger partial charge in [-0.15, -0.1) is 11.3 Å². The maximum absolute atomic E-state index is 12.2. The molecule has 3 aromatic rings. The normalized spacial score (nSPS) is 10.3. The van der Waals surface area contributed by atoms with E-state index in [1.54, 1.807) is 29.5 Å². The highest BCUT2D eigenvalue weighted by Gasteiger charge is 2.23. The van der Waals surface area contributed by atoms with E-state index in [1.807, 2.05) is 17.5 Å². The van der Waals surface area contributed by atoms with Crippen molar-refractivity contribution in [1.29, 1.82) is 0 Å². The summed E-state index contributed by atoms with van der Waals surface area (Å²) in [6.45, 7) is 0.465. The second-order valence-electron chi connectivity index (χ2n) is 5.52. The molecule has 11 heteroatoms. The van der Waals surface area contributed by atoms with E-state index in [9.17, 15) is 14.9 Å². The van der Waals surface area contributed by atoms with Crippen molar-refractivity contribution >= 4 is 46.2 Å². The van der Waals surface area contributed by atoms with Gasteiger partial charge in [0, 0.05) is 22.0 Å². The second kappa shape index (κ2) is 9.11. The third-order valence-corrected chi connectivity index (χ3v) is 4.80. The number of nitro groups is 1. The first-order chi connectivity index (χ1) is 13.5. The van der Waals surface area contributed by atoms with Gasteiger partial charge in [0.15, 0.2) is 0 Å². The van der Waals surface area contributed by atoms with Crippen LogP contribution in [0.3, 0.4) is 0 Å². The summed E-state index contributed by atoms with van der Waals surface area (Å²) < 4.78 is 0. The topological polar surface area (TPSA) is 122 Å². The fourth-order valence-electron chi connectivity index (χ4n) is 2.35. The van der Waals surface area contributed by atoms with Crippen LogP contribution < -0.4 is 16.2 Å². The molecule has 0 bridgehead atoms. The molecular weight excluding hydrogens is 404 g/mol. The second-order valence-corrected chi connectivity index (χ2v) is 6.99. The molecule has 2 aromatic heterocycles. The Kier molecular flexibility index (Phi) is 6.35. The fourth-order valence-corrected chi connectivity index (χ4v) is 3.25. The molecule has 2 heterocycles. The first-order valence-electron chi connectivity index (χ1n) is 8.12. The summed E-state index contributed by atoms with van der Waals surface area (Å²) in [6, 6.07) is 10.2. The molecule has 0 aliphatic rings. The van der Waals surface area contributed by atoms with Crippen molar-refractivity contribution in [2.75, 3.05) is 17.3 Å². The van der Waals surface area contributed by atoms with Crippen LogP contribution in [0.25, 0.3) is 0 Å². The average Bonchev–Trinajstić information content (AvgIpc) is 3.19. The molecule has 0 spiro atoms. The number of halogens is 1. The lowest BCUT2D eigenvalue weighted by molar-refractivity contribution is -0.383. The molecule has 0 unspecified atom stereocenters. The molecular formula is C17H15ClN6O3S.